The van der Waals surface area contributed by atoms with Crippen LogP contribution in [0.3, 0.4) is 0 Å². The standard InChI is InChI=1S/C13H9F2NO2S/c14-7-2-1-3-8(4-7)19-12-6-10(15)9(13(17)18)5-11(12)16/h1-6H,16H2,(H,17,18). The first-order valence-corrected chi connectivity index (χ1v) is 6.05. The Labute approximate surface area is 112 Å². The van der Waals surface area contributed by atoms with Crippen molar-refractivity contribution in [3.63, 3.8) is 0 Å². The summed E-state index contributed by atoms with van der Waals surface area (Å²) in [4.78, 5) is 11.6. The van der Waals surface area contributed by atoms with E-state index in [1.807, 2.05) is 0 Å². The van der Waals surface area contributed by atoms with Gasteiger partial charge in [-0.3, -0.25) is 0 Å². The average Bonchev–Trinajstić information content (AvgIpc) is 2.33. The van der Waals surface area contributed by atoms with Crippen LogP contribution in [0.1, 0.15) is 10.4 Å². The van der Waals surface area contributed by atoms with Crippen LogP contribution in [0.25, 0.3) is 0 Å². The lowest BCUT2D eigenvalue weighted by molar-refractivity contribution is 0.0692. The molecule has 2 aromatic carbocycles. The molecule has 0 aliphatic rings. The Morgan fingerprint density at radius 3 is 2.58 bits per heavy atom. The van der Waals surface area contributed by atoms with Gasteiger partial charge in [0.05, 0.1) is 5.56 Å². The Kier molecular flexibility index (Phi) is 3.71. The van der Waals surface area contributed by atoms with E-state index in [1.54, 1.807) is 6.07 Å². The second-order valence-corrected chi connectivity index (χ2v) is 4.85. The van der Waals surface area contributed by atoms with Crippen LogP contribution in [0, 0.1) is 11.6 Å². The van der Waals surface area contributed by atoms with Gasteiger partial charge in [-0.15, -0.1) is 0 Å². The molecule has 0 aromatic heterocycles. The minimum atomic E-state index is -1.38. The number of carbonyl (C=O) groups is 1. The van der Waals surface area contributed by atoms with Crippen LogP contribution in [-0.2, 0) is 0 Å². The first-order valence-electron chi connectivity index (χ1n) is 5.23. The van der Waals surface area contributed by atoms with Gasteiger partial charge in [-0.1, -0.05) is 17.8 Å². The maximum absolute atomic E-state index is 13.5. The highest BCUT2D eigenvalue weighted by Crippen LogP contribution is 2.33. The minimum absolute atomic E-state index is 0.132. The number of aromatic carboxylic acids is 1. The average molecular weight is 281 g/mol. The van der Waals surface area contributed by atoms with Gasteiger partial charge in [0.1, 0.15) is 11.6 Å². The van der Waals surface area contributed by atoms with Crippen molar-refractivity contribution in [2.24, 2.45) is 0 Å². The minimum Gasteiger partial charge on any atom is -0.478 e. The van der Waals surface area contributed by atoms with Crippen LogP contribution in [-0.4, -0.2) is 11.1 Å². The highest BCUT2D eigenvalue weighted by atomic mass is 32.2. The summed E-state index contributed by atoms with van der Waals surface area (Å²) >= 11 is 1.07. The van der Waals surface area contributed by atoms with Crippen LogP contribution in [0.15, 0.2) is 46.2 Å². The summed E-state index contributed by atoms with van der Waals surface area (Å²) in [5.41, 5.74) is 5.32. The Balaban J connectivity index is 2.36. The molecule has 0 fully saturated rings. The normalized spacial score (nSPS) is 10.4. The van der Waals surface area contributed by atoms with E-state index < -0.39 is 23.2 Å². The molecule has 3 nitrogen and oxygen atoms in total. The fourth-order valence-corrected chi connectivity index (χ4v) is 2.39. The van der Waals surface area contributed by atoms with E-state index in [9.17, 15) is 13.6 Å². The third-order valence-electron chi connectivity index (χ3n) is 2.35. The molecule has 0 bridgehead atoms. The van der Waals surface area contributed by atoms with Gasteiger partial charge in [0.15, 0.2) is 0 Å². The smallest absolute Gasteiger partial charge is 0.338 e. The van der Waals surface area contributed by atoms with Crippen LogP contribution in [0.2, 0.25) is 0 Å². The second-order valence-electron chi connectivity index (χ2n) is 3.73. The summed E-state index contributed by atoms with van der Waals surface area (Å²) in [5, 5.41) is 8.76. The molecule has 0 aliphatic carbocycles. The number of nitrogens with two attached hydrogens (primary N) is 1. The zero-order valence-corrected chi connectivity index (χ0v) is 10.4. The van der Waals surface area contributed by atoms with Crippen molar-refractivity contribution in [1.82, 2.24) is 0 Å². The Morgan fingerprint density at radius 1 is 1.21 bits per heavy atom. The number of carboxylic acid groups (broad SMARTS) is 1. The molecule has 0 atom stereocenters. The quantitative estimate of drug-likeness (QED) is 0.846. The maximum Gasteiger partial charge on any atom is 0.338 e. The van der Waals surface area contributed by atoms with Crippen molar-refractivity contribution in [2.45, 2.75) is 9.79 Å². The lowest BCUT2D eigenvalue weighted by Crippen LogP contribution is -2.03. The van der Waals surface area contributed by atoms with Crippen molar-refractivity contribution in [3.05, 3.63) is 53.6 Å². The van der Waals surface area contributed by atoms with E-state index in [0.717, 1.165) is 23.9 Å². The van der Waals surface area contributed by atoms with Gasteiger partial charge in [-0.25, -0.2) is 13.6 Å². The van der Waals surface area contributed by atoms with Crippen molar-refractivity contribution >= 4 is 23.4 Å². The number of hydrogen-bond acceptors (Lipinski definition) is 3. The van der Waals surface area contributed by atoms with E-state index in [0.29, 0.717) is 9.79 Å². The largest absolute Gasteiger partial charge is 0.478 e. The summed E-state index contributed by atoms with van der Waals surface area (Å²) in [6.07, 6.45) is 0. The van der Waals surface area contributed by atoms with E-state index in [1.165, 1.54) is 18.2 Å². The van der Waals surface area contributed by atoms with Gasteiger partial charge in [0, 0.05) is 15.5 Å². The number of hydrogen-bond donors (Lipinski definition) is 2. The molecule has 0 aliphatic heterocycles. The molecule has 3 N–H and O–H groups in total. The van der Waals surface area contributed by atoms with Crippen molar-refractivity contribution in [2.75, 3.05) is 5.73 Å². The molecule has 0 heterocycles. The molecule has 6 heteroatoms. The molecule has 98 valence electrons. The molecular weight excluding hydrogens is 272 g/mol. The highest BCUT2D eigenvalue weighted by molar-refractivity contribution is 7.99. The monoisotopic (exact) mass is 281 g/mol. The number of rotatable bonds is 3. The van der Waals surface area contributed by atoms with Crippen molar-refractivity contribution in [3.8, 4) is 0 Å². The molecule has 0 amide bonds. The SMILES string of the molecule is Nc1cc(C(=O)O)c(F)cc1Sc1cccc(F)c1. The van der Waals surface area contributed by atoms with Gasteiger partial charge < -0.3 is 10.8 Å². The molecule has 0 unspecified atom stereocenters. The molecule has 2 rings (SSSR count). The Hall–Kier alpha value is -2.08. The lowest BCUT2D eigenvalue weighted by atomic mass is 10.2. The van der Waals surface area contributed by atoms with E-state index >= 15 is 0 Å². The van der Waals surface area contributed by atoms with Crippen molar-refractivity contribution in [1.29, 1.82) is 0 Å². The molecule has 19 heavy (non-hydrogen) atoms. The van der Waals surface area contributed by atoms with Crippen LogP contribution in [0.4, 0.5) is 14.5 Å². The highest BCUT2D eigenvalue weighted by Gasteiger charge is 2.14. The van der Waals surface area contributed by atoms with E-state index in [-0.39, 0.29) is 5.69 Å². The predicted octanol–water partition coefficient (Wildman–Crippen LogP) is 3.40. The molecule has 0 radical (unpaired) electrons. The third-order valence-corrected chi connectivity index (χ3v) is 3.42. The molecule has 0 saturated carbocycles. The lowest BCUT2D eigenvalue weighted by Gasteiger charge is -2.07. The fraction of sp³-hybridized carbons (Fsp3) is 0. The second kappa shape index (κ2) is 5.27. The number of benzene rings is 2. The summed E-state index contributed by atoms with van der Waals surface area (Å²) in [7, 11) is 0. The molecule has 0 spiro atoms. The summed E-state index contributed by atoms with van der Waals surface area (Å²) in [5.74, 6) is -2.67. The zero-order chi connectivity index (χ0) is 14.0. The third kappa shape index (κ3) is 3.03. The first kappa shape index (κ1) is 13.4. The first-order chi connectivity index (χ1) is 8.97. The summed E-state index contributed by atoms with van der Waals surface area (Å²) in [6, 6.07) is 7.84. The predicted molar refractivity (Wildman–Crippen MR) is 68.3 cm³/mol. The molecule has 2 aromatic rings. The number of anilines is 1. The Morgan fingerprint density at radius 2 is 1.95 bits per heavy atom. The van der Waals surface area contributed by atoms with Gasteiger partial charge >= 0.3 is 5.97 Å². The summed E-state index contributed by atoms with van der Waals surface area (Å²) in [6.45, 7) is 0. The van der Waals surface area contributed by atoms with Crippen molar-refractivity contribution < 1.29 is 18.7 Å². The zero-order valence-electron chi connectivity index (χ0n) is 9.56. The van der Waals surface area contributed by atoms with Crippen LogP contribution < -0.4 is 5.73 Å². The van der Waals surface area contributed by atoms with E-state index in [4.69, 9.17) is 10.8 Å². The summed E-state index contributed by atoms with van der Waals surface area (Å²) < 4.78 is 26.6. The van der Waals surface area contributed by atoms with Crippen LogP contribution in [0.5, 0.6) is 0 Å². The van der Waals surface area contributed by atoms with Gasteiger partial charge in [0.2, 0.25) is 0 Å². The molecular formula is C13H9F2NO2S. The van der Waals surface area contributed by atoms with Gasteiger partial charge in [-0.2, -0.15) is 0 Å². The van der Waals surface area contributed by atoms with E-state index in [2.05, 4.69) is 0 Å². The molecule has 0 saturated heterocycles. The van der Waals surface area contributed by atoms with Gasteiger partial charge in [-0.05, 0) is 30.3 Å². The topological polar surface area (TPSA) is 63.3 Å². The number of nitrogen functional groups attached to an aromatic ring is 1. The number of carboxylic acids is 1. The fourth-order valence-electron chi connectivity index (χ4n) is 1.48. The number of halogens is 2. The van der Waals surface area contributed by atoms with Crippen LogP contribution >= 0.6 is 11.8 Å². The maximum atomic E-state index is 13.5. The van der Waals surface area contributed by atoms with Gasteiger partial charge in [0.25, 0.3) is 0 Å². The Bertz CT molecular complexity index is 647.